The molecule has 28 heavy (non-hydrogen) atoms. The van der Waals surface area contributed by atoms with E-state index < -0.39 is 0 Å². The van der Waals surface area contributed by atoms with Crippen LogP contribution >= 0.6 is 0 Å². The smallest absolute Gasteiger partial charge is 0.286 e. The fourth-order valence-corrected chi connectivity index (χ4v) is 3.60. The summed E-state index contributed by atoms with van der Waals surface area (Å²) < 4.78 is 1.71. The number of allylic oxidation sites excluding steroid dienone is 2. The van der Waals surface area contributed by atoms with Gasteiger partial charge in [0, 0.05) is 28.9 Å². The summed E-state index contributed by atoms with van der Waals surface area (Å²) in [6, 6.07) is 18.6. The standard InChI is InChI=1S/C24H20N2O2/c1-3-17-11-9-10-16(2)20(17)25-21-22(26-14-7-4-8-15-26)24(28)19-13-6-5-12-18(19)23(21)27/h4-15H,3H2,1-2H3/p+1. The number of hydrogen-bond donors (Lipinski definition) is 1. The minimum atomic E-state index is -0.174. The third-order valence-electron chi connectivity index (χ3n) is 5.06. The SMILES string of the molecule is CCc1cccc(C)c1NC1=C([n+]2ccccc2)C(=O)c2ccccc2C1=O. The van der Waals surface area contributed by atoms with Crippen molar-refractivity contribution in [3.05, 3.63) is 101 Å². The number of carbonyl (C=O) groups is 2. The molecule has 0 radical (unpaired) electrons. The summed E-state index contributed by atoms with van der Waals surface area (Å²) in [6.07, 6.45) is 4.40. The van der Waals surface area contributed by atoms with Crippen LogP contribution in [0.3, 0.4) is 0 Å². The van der Waals surface area contributed by atoms with Crippen molar-refractivity contribution >= 4 is 23.0 Å². The molecular formula is C24H21N2O2+. The van der Waals surface area contributed by atoms with Crippen LogP contribution in [0.15, 0.2) is 78.8 Å². The van der Waals surface area contributed by atoms with Gasteiger partial charge in [0.15, 0.2) is 18.1 Å². The molecule has 1 heterocycles. The number of rotatable bonds is 4. The fraction of sp³-hybridized carbons (Fsp3) is 0.125. The van der Waals surface area contributed by atoms with Crippen LogP contribution in [-0.4, -0.2) is 11.6 Å². The molecule has 4 rings (SSSR count). The first-order valence-electron chi connectivity index (χ1n) is 9.36. The number of nitrogens with one attached hydrogen (secondary N) is 1. The molecule has 0 spiro atoms. The summed E-state index contributed by atoms with van der Waals surface area (Å²) in [5, 5.41) is 3.33. The molecule has 0 aliphatic heterocycles. The molecule has 0 fully saturated rings. The highest BCUT2D eigenvalue weighted by Gasteiger charge is 2.38. The highest BCUT2D eigenvalue weighted by molar-refractivity contribution is 6.36. The average molecular weight is 369 g/mol. The van der Waals surface area contributed by atoms with Crippen molar-refractivity contribution in [3.63, 3.8) is 0 Å². The van der Waals surface area contributed by atoms with Gasteiger partial charge in [0.25, 0.3) is 11.5 Å². The van der Waals surface area contributed by atoms with E-state index in [1.165, 1.54) is 0 Å². The van der Waals surface area contributed by atoms with Crippen molar-refractivity contribution in [3.8, 4) is 0 Å². The summed E-state index contributed by atoms with van der Waals surface area (Å²) in [4.78, 5) is 26.7. The summed E-state index contributed by atoms with van der Waals surface area (Å²) >= 11 is 0. The number of carbonyl (C=O) groups excluding carboxylic acids is 2. The van der Waals surface area contributed by atoms with E-state index >= 15 is 0 Å². The average Bonchev–Trinajstić information content (AvgIpc) is 2.73. The van der Waals surface area contributed by atoms with E-state index in [2.05, 4.69) is 12.2 Å². The Hall–Kier alpha value is -3.53. The molecule has 1 aromatic heterocycles. The number of fused-ring (bicyclic) bond motifs is 1. The molecule has 4 heteroatoms. The second kappa shape index (κ2) is 7.24. The molecule has 0 saturated heterocycles. The lowest BCUT2D eigenvalue weighted by Crippen LogP contribution is -2.42. The number of nitrogens with zero attached hydrogens (tertiary/aromatic N) is 1. The maximum Gasteiger partial charge on any atom is 0.286 e. The quantitative estimate of drug-likeness (QED) is 0.701. The lowest BCUT2D eigenvalue weighted by Gasteiger charge is -2.20. The molecule has 2 aromatic carbocycles. The van der Waals surface area contributed by atoms with Crippen molar-refractivity contribution in [1.29, 1.82) is 0 Å². The molecule has 0 atom stereocenters. The number of aromatic nitrogens is 1. The minimum Gasteiger partial charge on any atom is -0.346 e. The van der Waals surface area contributed by atoms with Crippen LogP contribution in [0.5, 0.6) is 0 Å². The van der Waals surface area contributed by atoms with Crippen LogP contribution in [0.1, 0.15) is 38.8 Å². The van der Waals surface area contributed by atoms with Gasteiger partial charge in [0.1, 0.15) is 0 Å². The van der Waals surface area contributed by atoms with Gasteiger partial charge in [-0.15, -0.1) is 0 Å². The van der Waals surface area contributed by atoms with Crippen molar-refractivity contribution in [2.45, 2.75) is 20.3 Å². The number of para-hydroxylation sites is 1. The van der Waals surface area contributed by atoms with E-state index in [0.29, 0.717) is 22.5 Å². The molecule has 0 unspecified atom stereocenters. The highest BCUT2D eigenvalue weighted by atomic mass is 16.1. The third-order valence-corrected chi connectivity index (χ3v) is 5.06. The number of aryl methyl sites for hydroxylation is 2. The zero-order valence-electron chi connectivity index (χ0n) is 15.9. The van der Waals surface area contributed by atoms with Crippen molar-refractivity contribution < 1.29 is 14.2 Å². The van der Waals surface area contributed by atoms with Crippen LogP contribution < -0.4 is 9.88 Å². The van der Waals surface area contributed by atoms with Crippen molar-refractivity contribution in [1.82, 2.24) is 0 Å². The Bertz CT molecular complexity index is 1110. The number of anilines is 1. The van der Waals surface area contributed by atoms with Crippen LogP contribution in [0.25, 0.3) is 5.70 Å². The summed E-state index contributed by atoms with van der Waals surface area (Å²) in [5.74, 6) is -0.340. The predicted molar refractivity (Wildman–Crippen MR) is 109 cm³/mol. The van der Waals surface area contributed by atoms with Crippen molar-refractivity contribution in [2.75, 3.05) is 5.32 Å². The zero-order valence-corrected chi connectivity index (χ0v) is 15.9. The predicted octanol–water partition coefficient (Wildman–Crippen LogP) is 4.20. The Kier molecular flexibility index (Phi) is 4.62. The van der Waals surface area contributed by atoms with Crippen LogP contribution in [0, 0.1) is 6.92 Å². The number of hydrogen-bond acceptors (Lipinski definition) is 3. The van der Waals surface area contributed by atoms with Crippen LogP contribution in [-0.2, 0) is 6.42 Å². The maximum atomic E-state index is 13.4. The van der Waals surface area contributed by atoms with Gasteiger partial charge in [-0.25, -0.2) is 0 Å². The molecule has 1 aliphatic carbocycles. The van der Waals surface area contributed by atoms with Crippen LogP contribution in [0.4, 0.5) is 5.69 Å². The lowest BCUT2D eigenvalue weighted by atomic mass is 9.89. The van der Waals surface area contributed by atoms with E-state index in [1.54, 1.807) is 41.2 Å². The summed E-state index contributed by atoms with van der Waals surface area (Å²) in [5.41, 5.74) is 4.53. The van der Waals surface area contributed by atoms with Gasteiger partial charge in [-0.05, 0) is 24.5 Å². The van der Waals surface area contributed by atoms with E-state index in [1.807, 2.05) is 43.3 Å². The Morgan fingerprint density at radius 3 is 2.18 bits per heavy atom. The molecular weight excluding hydrogens is 348 g/mol. The van der Waals surface area contributed by atoms with E-state index in [0.717, 1.165) is 23.2 Å². The lowest BCUT2D eigenvalue weighted by molar-refractivity contribution is -0.577. The van der Waals surface area contributed by atoms with Crippen molar-refractivity contribution in [2.24, 2.45) is 0 Å². The first kappa shape index (κ1) is 17.9. The van der Waals surface area contributed by atoms with Gasteiger partial charge >= 0.3 is 0 Å². The second-order valence-corrected chi connectivity index (χ2v) is 6.80. The summed E-state index contributed by atoms with van der Waals surface area (Å²) in [7, 11) is 0. The molecule has 138 valence electrons. The second-order valence-electron chi connectivity index (χ2n) is 6.80. The van der Waals surface area contributed by atoms with Gasteiger partial charge in [0.2, 0.25) is 5.78 Å². The molecule has 0 saturated carbocycles. The van der Waals surface area contributed by atoms with Gasteiger partial charge < -0.3 is 5.32 Å². The Morgan fingerprint density at radius 2 is 1.50 bits per heavy atom. The number of benzene rings is 2. The van der Waals surface area contributed by atoms with Gasteiger partial charge in [0.05, 0.1) is 0 Å². The normalized spacial score (nSPS) is 13.5. The molecule has 1 N–H and O–H groups in total. The maximum absolute atomic E-state index is 13.4. The molecule has 1 aliphatic rings. The van der Waals surface area contributed by atoms with E-state index in [9.17, 15) is 9.59 Å². The van der Waals surface area contributed by atoms with Gasteiger partial charge in [-0.1, -0.05) is 55.5 Å². The third kappa shape index (κ3) is 2.93. The molecule has 0 amide bonds. The van der Waals surface area contributed by atoms with Crippen LogP contribution in [0.2, 0.25) is 0 Å². The number of ketones is 2. The Morgan fingerprint density at radius 1 is 0.821 bits per heavy atom. The first-order valence-corrected chi connectivity index (χ1v) is 9.36. The molecule has 0 bridgehead atoms. The molecule has 3 aromatic rings. The Labute approximate surface area is 164 Å². The minimum absolute atomic E-state index is 0.166. The zero-order chi connectivity index (χ0) is 19.7. The highest BCUT2D eigenvalue weighted by Crippen LogP contribution is 2.30. The topological polar surface area (TPSA) is 50.1 Å². The first-order chi connectivity index (χ1) is 13.6. The van der Waals surface area contributed by atoms with Gasteiger partial charge in [-0.2, -0.15) is 4.57 Å². The number of Topliss-reactive ketones (excluding diaryl/α,β-unsaturated/α-hetero) is 2. The fourth-order valence-electron chi connectivity index (χ4n) is 3.60. The summed E-state index contributed by atoms with van der Waals surface area (Å²) in [6.45, 7) is 4.07. The Balaban J connectivity index is 1.95. The number of pyridine rings is 1. The van der Waals surface area contributed by atoms with E-state index in [4.69, 9.17) is 0 Å². The van der Waals surface area contributed by atoms with Gasteiger partial charge in [-0.3, -0.25) is 9.59 Å². The largest absolute Gasteiger partial charge is 0.346 e. The molecule has 4 nitrogen and oxygen atoms in total. The van der Waals surface area contributed by atoms with E-state index in [-0.39, 0.29) is 11.6 Å². The monoisotopic (exact) mass is 369 g/mol.